The summed E-state index contributed by atoms with van der Waals surface area (Å²) in [7, 11) is 0. The molecule has 0 aliphatic carbocycles. The number of hydrogen-bond acceptors (Lipinski definition) is 4. The monoisotopic (exact) mass is 285 g/mol. The van der Waals surface area contributed by atoms with Crippen LogP contribution in [0.5, 0.6) is 0 Å². The van der Waals surface area contributed by atoms with Gasteiger partial charge in [0.25, 0.3) is 0 Å². The first-order valence-corrected chi connectivity index (χ1v) is 7.21. The fraction of sp³-hybridized carbons (Fsp3) is 0.375. The maximum atomic E-state index is 12.6. The highest BCUT2D eigenvalue weighted by atomic mass is 16.5. The van der Waals surface area contributed by atoms with Crippen LogP contribution in [0.1, 0.15) is 35.9 Å². The maximum Gasteiger partial charge on any atom is 0.227 e. The number of rotatable bonds is 3. The molecule has 1 unspecified atom stereocenters. The van der Waals surface area contributed by atoms with Crippen molar-refractivity contribution in [3.63, 3.8) is 0 Å². The molecule has 5 nitrogen and oxygen atoms in total. The molecule has 5 heteroatoms. The van der Waals surface area contributed by atoms with Crippen LogP contribution in [0.25, 0.3) is 0 Å². The van der Waals surface area contributed by atoms with Crippen LogP contribution < -0.4 is 5.73 Å². The van der Waals surface area contributed by atoms with E-state index in [0.29, 0.717) is 12.1 Å². The minimum Gasteiger partial charge on any atom is -0.398 e. The Balaban J connectivity index is 1.76. The van der Waals surface area contributed by atoms with Crippen molar-refractivity contribution in [3.8, 4) is 0 Å². The molecular weight excluding hydrogens is 266 g/mol. The Bertz CT molecular complexity index is 650. The molecule has 1 saturated heterocycles. The lowest BCUT2D eigenvalue weighted by Gasteiger charge is -2.23. The number of nitrogens with zero attached hydrogens (tertiary/aromatic N) is 2. The lowest BCUT2D eigenvalue weighted by atomic mass is 10.1. The van der Waals surface area contributed by atoms with Gasteiger partial charge in [0, 0.05) is 18.3 Å². The second kappa shape index (κ2) is 5.60. The van der Waals surface area contributed by atoms with Crippen LogP contribution in [-0.4, -0.2) is 22.5 Å². The van der Waals surface area contributed by atoms with Gasteiger partial charge in [-0.1, -0.05) is 23.4 Å². The summed E-state index contributed by atoms with van der Waals surface area (Å²) in [6, 6.07) is 9.41. The first-order chi connectivity index (χ1) is 10.1. The number of anilines is 1. The Morgan fingerprint density at radius 3 is 3.00 bits per heavy atom. The number of hydrogen-bond donors (Lipinski definition) is 1. The molecule has 1 aliphatic rings. The molecule has 2 N–H and O–H groups in total. The van der Waals surface area contributed by atoms with Gasteiger partial charge in [-0.15, -0.1) is 0 Å². The second-order valence-corrected chi connectivity index (χ2v) is 5.49. The predicted molar refractivity (Wildman–Crippen MR) is 79.5 cm³/mol. The van der Waals surface area contributed by atoms with Gasteiger partial charge in [-0.25, -0.2) is 0 Å². The van der Waals surface area contributed by atoms with Gasteiger partial charge in [-0.2, -0.15) is 0 Å². The standard InChI is InChI=1S/C16H19N3O2/c1-11-9-15(21-18-11)14-7-4-8-19(14)16(20)10-12-5-2-3-6-13(12)17/h2-3,5-6,9,14H,4,7-8,10,17H2,1H3. The molecule has 2 heterocycles. The summed E-state index contributed by atoms with van der Waals surface area (Å²) in [4.78, 5) is 14.4. The van der Waals surface area contributed by atoms with E-state index in [0.717, 1.165) is 36.4 Å². The molecule has 21 heavy (non-hydrogen) atoms. The third-order valence-corrected chi connectivity index (χ3v) is 3.94. The summed E-state index contributed by atoms with van der Waals surface area (Å²) < 4.78 is 5.33. The number of aryl methyl sites for hydroxylation is 1. The third kappa shape index (κ3) is 2.77. The van der Waals surface area contributed by atoms with Gasteiger partial charge in [-0.3, -0.25) is 4.79 Å². The number of aromatic nitrogens is 1. The molecule has 1 aromatic heterocycles. The van der Waals surface area contributed by atoms with E-state index < -0.39 is 0 Å². The zero-order valence-corrected chi connectivity index (χ0v) is 12.1. The summed E-state index contributed by atoms with van der Waals surface area (Å²) in [6.07, 6.45) is 2.24. The molecule has 0 spiro atoms. The molecule has 1 atom stereocenters. The number of nitrogen functional groups attached to an aromatic ring is 1. The normalized spacial score (nSPS) is 18.1. The summed E-state index contributed by atoms with van der Waals surface area (Å²) in [5.41, 5.74) is 8.30. The average Bonchev–Trinajstić information content (AvgIpc) is 3.09. The van der Waals surface area contributed by atoms with Gasteiger partial charge >= 0.3 is 0 Å². The number of para-hydroxylation sites is 1. The first-order valence-electron chi connectivity index (χ1n) is 7.21. The minimum atomic E-state index is 0.00337. The molecule has 1 aliphatic heterocycles. The lowest BCUT2D eigenvalue weighted by Crippen LogP contribution is -2.31. The van der Waals surface area contributed by atoms with Crippen LogP contribution in [0, 0.1) is 6.92 Å². The highest BCUT2D eigenvalue weighted by Crippen LogP contribution is 2.32. The van der Waals surface area contributed by atoms with Gasteiger partial charge < -0.3 is 15.2 Å². The number of benzene rings is 1. The highest BCUT2D eigenvalue weighted by Gasteiger charge is 2.32. The van der Waals surface area contributed by atoms with Crippen LogP contribution in [0.3, 0.4) is 0 Å². The minimum absolute atomic E-state index is 0.00337. The van der Waals surface area contributed by atoms with E-state index in [1.165, 1.54) is 0 Å². The number of likely N-dealkylation sites (tertiary alicyclic amines) is 1. The molecule has 1 amide bonds. The predicted octanol–water partition coefficient (Wildman–Crippen LogP) is 2.47. The van der Waals surface area contributed by atoms with E-state index in [4.69, 9.17) is 10.3 Å². The summed E-state index contributed by atoms with van der Waals surface area (Å²) in [5.74, 6) is 0.865. The van der Waals surface area contributed by atoms with Crippen molar-refractivity contribution < 1.29 is 9.32 Å². The quantitative estimate of drug-likeness (QED) is 0.879. The van der Waals surface area contributed by atoms with E-state index in [9.17, 15) is 4.79 Å². The molecule has 0 radical (unpaired) electrons. The van der Waals surface area contributed by atoms with E-state index in [-0.39, 0.29) is 11.9 Å². The van der Waals surface area contributed by atoms with E-state index in [2.05, 4.69) is 5.16 Å². The Kier molecular flexibility index (Phi) is 3.64. The van der Waals surface area contributed by atoms with Crippen molar-refractivity contribution in [3.05, 3.63) is 47.3 Å². The van der Waals surface area contributed by atoms with Crippen molar-refractivity contribution in [1.82, 2.24) is 10.1 Å². The van der Waals surface area contributed by atoms with Gasteiger partial charge in [0.15, 0.2) is 5.76 Å². The van der Waals surface area contributed by atoms with E-state index >= 15 is 0 Å². The Morgan fingerprint density at radius 1 is 1.48 bits per heavy atom. The molecule has 0 saturated carbocycles. The fourth-order valence-corrected chi connectivity index (χ4v) is 2.86. The van der Waals surface area contributed by atoms with E-state index in [1.807, 2.05) is 42.2 Å². The van der Waals surface area contributed by atoms with Crippen molar-refractivity contribution in [2.24, 2.45) is 0 Å². The average molecular weight is 285 g/mol. The smallest absolute Gasteiger partial charge is 0.227 e. The molecule has 110 valence electrons. The molecule has 2 aromatic rings. The van der Waals surface area contributed by atoms with Gasteiger partial charge in [0.1, 0.15) is 0 Å². The number of amides is 1. The second-order valence-electron chi connectivity index (χ2n) is 5.49. The molecule has 0 bridgehead atoms. The van der Waals surface area contributed by atoms with Crippen molar-refractivity contribution in [2.45, 2.75) is 32.2 Å². The molecule has 1 fully saturated rings. The topological polar surface area (TPSA) is 72.4 Å². The zero-order chi connectivity index (χ0) is 14.8. The molecule has 1 aromatic carbocycles. The third-order valence-electron chi connectivity index (χ3n) is 3.94. The Morgan fingerprint density at radius 2 is 2.29 bits per heavy atom. The van der Waals surface area contributed by atoms with Crippen LogP contribution in [0.2, 0.25) is 0 Å². The highest BCUT2D eigenvalue weighted by molar-refractivity contribution is 5.81. The maximum absolute atomic E-state index is 12.6. The summed E-state index contributed by atoms with van der Waals surface area (Å²) in [5, 5.41) is 3.92. The zero-order valence-electron chi connectivity index (χ0n) is 12.1. The van der Waals surface area contributed by atoms with Crippen molar-refractivity contribution >= 4 is 11.6 Å². The SMILES string of the molecule is Cc1cc(C2CCCN2C(=O)Cc2ccccc2N)on1. The number of carbonyl (C=O) groups excluding carboxylic acids is 1. The van der Waals surface area contributed by atoms with E-state index in [1.54, 1.807) is 0 Å². The van der Waals surface area contributed by atoms with Gasteiger partial charge in [0.2, 0.25) is 5.91 Å². The fourth-order valence-electron chi connectivity index (χ4n) is 2.86. The first kappa shape index (κ1) is 13.7. The van der Waals surface area contributed by atoms with Crippen molar-refractivity contribution in [1.29, 1.82) is 0 Å². The largest absolute Gasteiger partial charge is 0.398 e. The number of nitrogens with two attached hydrogens (primary N) is 1. The summed E-state index contributed by atoms with van der Waals surface area (Å²) in [6.45, 7) is 2.65. The lowest BCUT2D eigenvalue weighted by molar-refractivity contribution is -0.131. The van der Waals surface area contributed by atoms with Crippen LogP contribution >= 0.6 is 0 Å². The Labute approximate surface area is 123 Å². The van der Waals surface area contributed by atoms with Crippen molar-refractivity contribution in [2.75, 3.05) is 12.3 Å². The van der Waals surface area contributed by atoms with Gasteiger partial charge in [0.05, 0.1) is 18.2 Å². The number of carbonyl (C=O) groups is 1. The van der Waals surface area contributed by atoms with Crippen LogP contribution in [0.15, 0.2) is 34.9 Å². The van der Waals surface area contributed by atoms with Crippen LogP contribution in [0.4, 0.5) is 5.69 Å². The summed E-state index contributed by atoms with van der Waals surface area (Å²) >= 11 is 0. The Hall–Kier alpha value is -2.30. The molecular formula is C16H19N3O2. The van der Waals surface area contributed by atoms with Gasteiger partial charge in [-0.05, 0) is 31.4 Å². The molecule has 3 rings (SSSR count). The van der Waals surface area contributed by atoms with Crippen LogP contribution in [-0.2, 0) is 11.2 Å².